The summed E-state index contributed by atoms with van der Waals surface area (Å²) >= 11 is 3.81. The van der Waals surface area contributed by atoms with Gasteiger partial charge in [-0.3, -0.25) is 4.79 Å². The molecule has 0 saturated heterocycles. The van der Waals surface area contributed by atoms with E-state index >= 15 is 0 Å². The molecule has 0 saturated carbocycles. The summed E-state index contributed by atoms with van der Waals surface area (Å²) in [6.07, 6.45) is 0. The number of thiophene rings is 1. The molecule has 1 aromatic rings. The van der Waals surface area contributed by atoms with Crippen LogP contribution in [0.3, 0.4) is 0 Å². The molecule has 3 N–H and O–H groups in total. The van der Waals surface area contributed by atoms with E-state index in [1.807, 2.05) is 4.72 Å². The van der Waals surface area contributed by atoms with E-state index in [0.29, 0.717) is 0 Å². The van der Waals surface area contributed by atoms with E-state index in [2.05, 4.69) is 20.7 Å². The first-order valence-corrected chi connectivity index (χ1v) is 8.05. The number of hydrogen-bond acceptors (Lipinski definition) is 7. The maximum Gasteiger partial charge on any atom is 0.348 e. The molecule has 8 nitrogen and oxygen atoms in total. The smallest absolute Gasteiger partial charge is 0.348 e. The molecule has 1 aromatic heterocycles. The summed E-state index contributed by atoms with van der Waals surface area (Å²) in [4.78, 5) is 21.8. The fourth-order valence-electron chi connectivity index (χ4n) is 1.15. The molecule has 11 heteroatoms. The number of nitrogens with one attached hydrogen (secondary N) is 1. The molecular weight excluding hydrogens is 378 g/mol. The summed E-state index contributed by atoms with van der Waals surface area (Å²) in [5.41, 5.74) is 0. The zero-order valence-corrected chi connectivity index (χ0v) is 13.2. The molecule has 0 aromatic carbocycles. The maximum atomic E-state index is 12.0. The number of aliphatic carboxylic acids is 1. The maximum absolute atomic E-state index is 12.0. The van der Waals surface area contributed by atoms with E-state index in [-0.39, 0.29) is 13.6 Å². The summed E-state index contributed by atoms with van der Waals surface area (Å²) in [6, 6.07) is -0.618. The van der Waals surface area contributed by atoms with E-state index in [9.17, 15) is 18.0 Å². The lowest BCUT2D eigenvalue weighted by Crippen LogP contribution is -2.43. The third kappa shape index (κ3) is 3.76. The van der Waals surface area contributed by atoms with Gasteiger partial charge in [0.25, 0.3) is 0 Å². The number of ether oxygens (including phenoxy) is 1. The highest BCUT2D eigenvalue weighted by Crippen LogP contribution is 2.32. The number of esters is 1. The first-order chi connectivity index (χ1) is 9.22. The Morgan fingerprint density at radius 2 is 2.15 bits per heavy atom. The van der Waals surface area contributed by atoms with Gasteiger partial charge < -0.3 is 14.9 Å². The minimum absolute atomic E-state index is 0.0376. The lowest BCUT2D eigenvalue weighted by molar-refractivity contribution is -0.139. The number of methoxy groups -OCH3 is 1. The molecule has 0 bridgehead atoms. The fraction of sp³-hybridized carbons (Fsp3) is 0.333. The van der Waals surface area contributed by atoms with Gasteiger partial charge in [0, 0.05) is 0 Å². The normalized spacial score (nSPS) is 12.9. The van der Waals surface area contributed by atoms with Crippen LogP contribution in [0.4, 0.5) is 0 Å². The van der Waals surface area contributed by atoms with Gasteiger partial charge in [-0.25, -0.2) is 13.2 Å². The first-order valence-electron chi connectivity index (χ1n) is 4.96. The fourth-order valence-corrected chi connectivity index (χ4v) is 4.82. The van der Waals surface area contributed by atoms with Crippen molar-refractivity contribution < 1.29 is 33.0 Å². The van der Waals surface area contributed by atoms with Crippen LogP contribution in [0.25, 0.3) is 0 Å². The van der Waals surface area contributed by atoms with Crippen molar-refractivity contribution in [3.8, 4) is 0 Å². The monoisotopic (exact) mass is 387 g/mol. The molecule has 112 valence electrons. The van der Waals surface area contributed by atoms with E-state index in [1.54, 1.807) is 0 Å². The van der Waals surface area contributed by atoms with Crippen LogP contribution in [0.1, 0.15) is 9.67 Å². The Hall–Kier alpha value is -1.01. The number of halogens is 1. The van der Waals surface area contributed by atoms with Gasteiger partial charge in [0.1, 0.15) is 15.8 Å². The second kappa shape index (κ2) is 6.63. The molecule has 1 heterocycles. The van der Waals surface area contributed by atoms with Gasteiger partial charge in [0.2, 0.25) is 10.0 Å². The van der Waals surface area contributed by atoms with E-state index < -0.39 is 34.6 Å². The van der Waals surface area contributed by atoms with E-state index in [1.165, 1.54) is 0 Å². The number of carboxylic acids is 1. The summed E-state index contributed by atoms with van der Waals surface area (Å²) in [7, 11) is -3.06. The molecule has 0 aliphatic rings. The Labute approximate surface area is 126 Å². The third-order valence-corrected chi connectivity index (χ3v) is 5.81. The van der Waals surface area contributed by atoms with Crippen LogP contribution in [-0.2, 0) is 19.6 Å². The predicted octanol–water partition coefficient (Wildman–Crippen LogP) is 0.0210. The lowest BCUT2D eigenvalue weighted by atomic mass is 10.3. The van der Waals surface area contributed by atoms with Crippen molar-refractivity contribution in [2.24, 2.45) is 0 Å². The highest BCUT2D eigenvalue weighted by atomic mass is 79.9. The average Bonchev–Trinajstić information content (AvgIpc) is 2.77. The average molecular weight is 388 g/mol. The Morgan fingerprint density at radius 1 is 1.55 bits per heavy atom. The topological polar surface area (TPSA) is 130 Å². The summed E-state index contributed by atoms with van der Waals surface area (Å²) in [5.74, 6) is -2.23. The molecule has 0 spiro atoms. The van der Waals surface area contributed by atoms with Gasteiger partial charge in [-0.2, -0.15) is 4.72 Å². The summed E-state index contributed by atoms with van der Waals surface area (Å²) < 4.78 is 30.4. The minimum Gasteiger partial charge on any atom is -0.480 e. The Balaban J connectivity index is 3.13. The number of carbonyl (C=O) groups excluding carboxylic acids is 1. The van der Waals surface area contributed by atoms with Crippen molar-refractivity contribution in [1.82, 2.24) is 4.72 Å². The highest BCUT2D eigenvalue weighted by molar-refractivity contribution is 9.11. The van der Waals surface area contributed by atoms with Gasteiger partial charge in [-0.15, -0.1) is 11.3 Å². The van der Waals surface area contributed by atoms with Crippen LogP contribution >= 0.6 is 27.3 Å². The number of carbonyl (C=O) groups is 2. The number of rotatable bonds is 6. The Bertz CT molecular complexity index is 624. The molecule has 1 atom stereocenters. The van der Waals surface area contributed by atoms with Crippen molar-refractivity contribution >= 4 is 49.2 Å². The summed E-state index contributed by atoms with van der Waals surface area (Å²) in [5, 5.41) is 17.5. The quantitative estimate of drug-likeness (QED) is 0.586. The number of sulfonamides is 1. The third-order valence-electron chi connectivity index (χ3n) is 2.11. The molecule has 1 rings (SSSR count). The second-order valence-corrected chi connectivity index (χ2v) is 7.49. The zero-order chi connectivity index (χ0) is 15.5. The van der Waals surface area contributed by atoms with Crippen LogP contribution in [0.15, 0.2) is 14.7 Å². The van der Waals surface area contributed by atoms with Gasteiger partial charge in [-0.05, 0) is 22.0 Å². The van der Waals surface area contributed by atoms with Crippen LogP contribution in [0.5, 0.6) is 0 Å². The first kappa shape index (κ1) is 17.0. The molecule has 20 heavy (non-hydrogen) atoms. The molecule has 0 unspecified atom stereocenters. The van der Waals surface area contributed by atoms with Gasteiger partial charge in [0.05, 0.1) is 17.5 Å². The van der Waals surface area contributed by atoms with Gasteiger partial charge in [-0.1, -0.05) is 0 Å². The molecule has 0 amide bonds. The lowest BCUT2D eigenvalue weighted by Gasteiger charge is -2.11. The molecule has 0 aliphatic carbocycles. The minimum atomic E-state index is -4.20. The predicted molar refractivity (Wildman–Crippen MR) is 72.2 cm³/mol. The van der Waals surface area contributed by atoms with Crippen molar-refractivity contribution in [2.75, 3.05) is 13.7 Å². The van der Waals surface area contributed by atoms with Crippen LogP contribution in [-0.4, -0.2) is 50.3 Å². The van der Waals surface area contributed by atoms with Crippen LogP contribution in [0, 0.1) is 0 Å². The number of aliphatic hydroxyl groups is 1. The van der Waals surface area contributed by atoms with E-state index in [0.717, 1.165) is 24.5 Å². The number of aliphatic hydroxyl groups excluding tert-OH is 1. The van der Waals surface area contributed by atoms with Gasteiger partial charge >= 0.3 is 11.9 Å². The van der Waals surface area contributed by atoms with Crippen molar-refractivity contribution in [2.45, 2.75) is 10.9 Å². The van der Waals surface area contributed by atoms with Crippen molar-refractivity contribution in [1.29, 1.82) is 0 Å². The largest absolute Gasteiger partial charge is 0.480 e. The standard InChI is InChI=1S/C9H10BrNO7S2/c1-18-9(15)5-2-6(7(10)19-5)20(16,17)11-4(3-12)8(13)14/h2,4,11-12H,3H2,1H3,(H,13,14)/t4-/m1/s1. The van der Waals surface area contributed by atoms with Crippen molar-refractivity contribution in [3.63, 3.8) is 0 Å². The van der Waals surface area contributed by atoms with E-state index in [4.69, 9.17) is 10.2 Å². The molecule has 0 radical (unpaired) electrons. The van der Waals surface area contributed by atoms with Crippen molar-refractivity contribution in [3.05, 3.63) is 14.7 Å². The number of carboxylic acid groups (broad SMARTS) is 1. The Morgan fingerprint density at radius 3 is 2.60 bits per heavy atom. The SMILES string of the molecule is COC(=O)c1cc(S(=O)(=O)N[C@H](CO)C(=O)O)c(Br)s1. The number of hydrogen-bond donors (Lipinski definition) is 3. The molecule has 0 fully saturated rings. The highest BCUT2D eigenvalue weighted by Gasteiger charge is 2.28. The molecule has 0 aliphatic heterocycles. The zero-order valence-electron chi connectivity index (χ0n) is 9.99. The summed E-state index contributed by atoms with van der Waals surface area (Å²) in [6.45, 7) is -0.903. The van der Waals surface area contributed by atoms with Gasteiger partial charge in [0.15, 0.2) is 0 Å². The second-order valence-electron chi connectivity index (χ2n) is 3.43. The van der Waals surface area contributed by atoms with Crippen LogP contribution < -0.4 is 4.72 Å². The Kier molecular flexibility index (Phi) is 5.65. The van der Waals surface area contributed by atoms with Crippen LogP contribution in [0.2, 0.25) is 0 Å². The molecular formula is C9H10BrNO7S2.